The molecule has 8 heteroatoms. The first-order chi connectivity index (χ1) is 11.2. The molecule has 0 atom stereocenters. The summed E-state index contributed by atoms with van der Waals surface area (Å²) in [5.74, 6) is -0.430. The fourth-order valence-electron chi connectivity index (χ4n) is 1.59. The molecule has 0 aliphatic carbocycles. The van der Waals surface area contributed by atoms with Crippen molar-refractivity contribution in [1.82, 2.24) is 10.9 Å². The first kappa shape index (κ1) is 17.0. The second-order valence-electron chi connectivity index (χ2n) is 4.47. The van der Waals surface area contributed by atoms with Crippen molar-refractivity contribution in [3.05, 3.63) is 44.8 Å². The van der Waals surface area contributed by atoms with Gasteiger partial charge in [0.2, 0.25) is 11.8 Å². The van der Waals surface area contributed by atoms with Crippen LogP contribution in [0.25, 0.3) is 0 Å². The maximum atomic E-state index is 11.5. The van der Waals surface area contributed by atoms with Crippen LogP contribution < -0.4 is 10.9 Å². The fraction of sp³-hybridized carbons (Fsp3) is 0.200. The number of thiophene rings is 2. The normalized spacial score (nSPS) is 11.1. The van der Waals surface area contributed by atoms with Crippen molar-refractivity contribution in [1.29, 1.82) is 0 Å². The van der Waals surface area contributed by atoms with E-state index >= 15 is 0 Å². The number of nitrogens with zero attached hydrogens (tertiary/aromatic N) is 2. The van der Waals surface area contributed by atoms with Gasteiger partial charge in [0, 0.05) is 22.6 Å². The minimum absolute atomic E-state index is 0.215. The average molecular weight is 348 g/mol. The van der Waals surface area contributed by atoms with Crippen molar-refractivity contribution >= 4 is 46.9 Å². The van der Waals surface area contributed by atoms with Crippen LogP contribution in [0.15, 0.2) is 45.2 Å². The highest BCUT2D eigenvalue weighted by atomic mass is 32.1. The van der Waals surface area contributed by atoms with Crippen LogP contribution >= 0.6 is 22.7 Å². The van der Waals surface area contributed by atoms with Crippen molar-refractivity contribution in [3.8, 4) is 0 Å². The van der Waals surface area contributed by atoms with Crippen LogP contribution in [0, 0.1) is 0 Å². The van der Waals surface area contributed by atoms with Crippen LogP contribution in [-0.2, 0) is 9.59 Å². The van der Waals surface area contributed by atoms with Crippen molar-refractivity contribution in [2.45, 2.75) is 19.3 Å². The predicted octanol–water partition coefficient (Wildman–Crippen LogP) is 2.58. The third kappa shape index (κ3) is 6.98. The van der Waals surface area contributed by atoms with Crippen LogP contribution in [-0.4, -0.2) is 24.2 Å². The van der Waals surface area contributed by atoms with E-state index < -0.39 is 0 Å². The first-order valence-electron chi connectivity index (χ1n) is 6.95. The molecule has 0 aliphatic rings. The van der Waals surface area contributed by atoms with E-state index in [2.05, 4.69) is 21.1 Å². The maximum Gasteiger partial charge on any atom is 0.240 e. The van der Waals surface area contributed by atoms with E-state index in [9.17, 15) is 9.59 Å². The van der Waals surface area contributed by atoms with Gasteiger partial charge in [-0.3, -0.25) is 9.59 Å². The Balaban J connectivity index is 1.56. The summed E-state index contributed by atoms with van der Waals surface area (Å²) >= 11 is 3.07. The van der Waals surface area contributed by atoms with Gasteiger partial charge in [0.1, 0.15) is 0 Å². The number of nitrogens with one attached hydrogen (secondary N) is 2. The lowest BCUT2D eigenvalue weighted by atomic mass is 10.2. The number of hydrogen-bond acceptors (Lipinski definition) is 6. The highest BCUT2D eigenvalue weighted by Crippen LogP contribution is 2.05. The van der Waals surface area contributed by atoms with Gasteiger partial charge in [-0.15, -0.1) is 22.7 Å². The van der Waals surface area contributed by atoms with Gasteiger partial charge in [-0.05, 0) is 29.3 Å². The van der Waals surface area contributed by atoms with Crippen molar-refractivity contribution in [3.63, 3.8) is 0 Å². The minimum Gasteiger partial charge on any atom is -0.273 e. The maximum absolute atomic E-state index is 11.5. The summed E-state index contributed by atoms with van der Waals surface area (Å²) in [6.07, 6.45) is 4.11. The number of hydrogen-bond donors (Lipinski definition) is 2. The largest absolute Gasteiger partial charge is 0.273 e. The number of rotatable bonds is 8. The van der Waals surface area contributed by atoms with Gasteiger partial charge < -0.3 is 0 Å². The Hall–Kier alpha value is -2.32. The summed E-state index contributed by atoms with van der Waals surface area (Å²) in [5.41, 5.74) is 4.87. The molecule has 0 unspecified atom stereocenters. The van der Waals surface area contributed by atoms with E-state index in [0.717, 1.165) is 9.75 Å². The second kappa shape index (κ2) is 9.65. The summed E-state index contributed by atoms with van der Waals surface area (Å²) in [5, 5.41) is 11.6. The zero-order valence-electron chi connectivity index (χ0n) is 12.3. The third-order valence-electron chi connectivity index (χ3n) is 2.66. The van der Waals surface area contributed by atoms with E-state index in [1.807, 2.05) is 35.0 Å². The van der Waals surface area contributed by atoms with Crippen LogP contribution in [0.1, 0.15) is 29.0 Å². The Morgan fingerprint density at radius 3 is 1.78 bits per heavy atom. The minimum atomic E-state index is -0.215. The molecule has 0 bridgehead atoms. The zero-order valence-corrected chi connectivity index (χ0v) is 13.9. The molecule has 2 rings (SSSR count). The van der Waals surface area contributed by atoms with E-state index in [1.54, 1.807) is 12.4 Å². The first-order valence-corrected chi connectivity index (χ1v) is 8.71. The zero-order chi connectivity index (χ0) is 16.3. The van der Waals surface area contributed by atoms with Crippen LogP contribution in [0.5, 0.6) is 0 Å². The van der Waals surface area contributed by atoms with Crippen LogP contribution in [0.2, 0.25) is 0 Å². The molecule has 120 valence electrons. The molecule has 6 nitrogen and oxygen atoms in total. The molecule has 0 saturated heterocycles. The lowest BCUT2D eigenvalue weighted by Gasteiger charge is -2.00. The number of carbonyl (C=O) groups is 2. The Morgan fingerprint density at radius 2 is 1.39 bits per heavy atom. The van der Waals surface area contributed by atoms with E-state index in [4.69, 9.17) is 0 Å². The summed E-state index contributed by atoms with van der Waals surface area (Å²) < 4.78 is 0. The van der Waals surface area contributed by atoms with Gasteiger partial charge in [-0.2, -0.15) is 10.2 Å². The molecule has 2 N–H and O–H groups in total. The lowest BCUT2D eigenvalue weighted by molar-refractivity contribution is -0.122. The monoisotopic (exact) mass is 348 g/mol. The SMILES string of the molecule is O=C(CCCC(=O)NN=Cc1cccs1)NN=Cc1cccs1. The predicted molar refractivity (Wildman–Crippen MR) is 94.0 cm³/mol. The van der Waals surface area contributed by atoms with Gasteiger partial charge >= 0.3 is 0 Å². The molecule has 2 heterocycles. The van der Waals surface area contributed by atoms with E-state index in [0.29, 0.717) is 6.42 Å². The molecule has 0 aliphatic heterocycles. The Kier molecular flexibility index (Phi) is 7.15. The molecule has 0 fully saturated rings. The molecular formula is C15H16N4O2S2. The highest BCUT2D eigenvalue weighted by molar-refractivity contribution is 7.12. The van der Waals surface area contributed by atoms with Crippen LogP contribution in [0.4, 0.5) is 0 Å². The molecule has 2 amide bonds. The highest BCUT2D eigenvalue weighted by Gasteiger charge is 2.03. The number of carbonyl (C=O) groups excluding carboxylic acids is 2. The quantitative estimate of drug-likeness (QED) is 0.568. The molecule has 0 aromatic carbocycles. The molecule has 0 spiro atoms. The van der Waals surface area contributed by atoms with Crippen LogP contribution in [0.3, 0.4) is 0 Å². The summed E-state index contributed by atoms with van der Waals surface area (Å²) in [6, 6.07) is 7.63. The van der Waals surface area contributed by atoms with Crippen molar-refractivity contribution < 1.29 is 9.59 Å². The molecular weight excluding hydrogens is 332 g/mol. The number of hydrazone groups is 2. The second-order valence-corrected chi connectivity index (χ2v) is 6.43. The van der Waals surface area contributed by atoms with Crippen molar-refractivity contribution in [2.75, 3.05) is 0 Å². The molecule has 2 aromatic heterocycles. The molecule has 0 saturated carbocycles. The lowest BCUT2D eigenvalue weighted by Crippen LogP contribution is -2.20. The van der Waals surface area contributed by atoms with Gasteiger partial charge in [0.25, 0.3) is 0 Å². The van der Waals surface area contributed by atoms with Gasteiger partial charge in [-0.25, -0.2) is 10.9 Å². The number of amides is 2. The summed E-state index contributed by atoms with van der Waals surface area (Å²) in [4.78, 5) is 25.0. The van der Waals surface area contributed by atoms with E-state index in [-0.39, 0.29) is 24.7 Å². The Morgan fingerprint density at radius 1 is 0.913 bits per heavy atom. The van der Waals surface area contributed by atoms with Crippen molar-refractivity contribution in [2.24, 2.45) is 10.2 Å². The van der Waals surface area contributed by atoms with Gasteiger partial charge in [0.05, 0.1) is 12.4 Å². The average Bonchev–Trinajstić information content (AvgIpc) is 3.20. The summed E-state index contributed by atoms with van der Waals surface area (Å²) in [7, 11) is 0. The van der Waals surface area contributed by atoms with Gasteiger partial charge in [-0.1, -0.05) is 12.1 Å². The fourth-order valence-corrected chi connectivity index (χ4v) is 2.76. The van der Waals surface area contributed by atoms with E-state index in [1.165, 1.54) is 22.7 Å². The summed E-state index contributed by atoms with van der Waals surface area (Å²) in [6.45, 7) is 0. The Labute approximate surface area is 141 Å². The van der Waals surface area contributed by atoms with Gasteiger partial charge in [0.15, 0.2) is 0 Å². The standard InChI is InChI=1S/C15H16N4O2S2/c20-14(18-16-10-12-4-2-8-22-12)6-1-7-15(21)19-17-11-13-5-3-9-23-13/h2-5,8-11H,1,6-7H2,(H,18,20)(H,19,21). The third-order valence-corrected chi connectivity index (χ3v) is 4.27. The Bertz CT molecular complexity index is 605. The molecule has 0 radical (unpaired) electrons. The molecule has 2 aromatic rings. The molecule has 23 heavy (non-hydrogen) atoms. The topological polar surface area (TPSA) is 82.9 Å². The smallest absolute Gasteiger partial charge is 0.240 e.